The van der Waals surface area contributed by atoms with Gasteiger partial charge in [-0.15, -0.1) is 0 Å². The summed E-state index contributed by atoms with van der Waals surface area (Å²) in [5.41, 5.74) is -0.0585. The minimum atomic E-state index is -0.0585. The second kappa shape index (κ2) is 7.90. The zero-order chi connectivity index (χ0) is 15.1. The van der Waals surface area contributed by atoms with Gasteiger partial charge in [-0.05, 0) is 26.3 Å². The predicted octanol–water partition coefficient (Wildman–Crippen LogP) is 2.56. The lowest BCUT2D eigenvalue weighted by atomic mass is 9.84. The van der Waals surface area contributed by atoms with E-state index in [4.69, 9.17) is 4.74 Å². The van der Waals surface area contributed by atoms with E-state index in [0.29, 0.717) is 6.04 Å². The predicted molar refractivity (Wildman–Crippen MR) is 84.3 cm³/mol. The standard InChI is InChI=1S/C16H30N4O/c1-4-17-14(12-15-18-13-19-20(15)5-2)16(21-3)10-8-6-7-9-11-16/h13-14,17H,4-12H2,1-3H3. The molecule has 0 amide bonds. The van der Waals surface area contributed by atoms with Crippen molar-refractivity contribution in [1.29, 1.82) is 0 Å². The van der Waals surface area contributed by atoms with E-state index in [9.17, 15) is 0 Å². The Morgan fingerprint density at radius 1 is 1.29 bits per heavy atom. The Bertz CT molecular complexity index is 410. The third-order valence-electron chi connectivity index (χ3n) is 4.82. The monoisotopic (exact) mass is 294 g/mol. The number of aryl methyl sites for hydroxylation is 1. The van der Waals surface area contributed by atoms with E-state index in [-0.39, 0.29) is 5.60 Å². The quantitative estimate of drug-likeness (QED) is 0.785. The van der Waals surface area contributed by atoms with Gasteiger partial charge in [-0.1, -0.05) is 32.6 Å². The molecule has 1 fully saturated rings. The van der Waals surface area contributed by atoms with Crippen molar-refractivity contribution in [2.75, 3.05) is 13.7 Å². The number of hydrogen-bond acceptors (Lipinski definition) is 4. The molecule has 0 spiro atoms. The van der Waals surface area contributed by atoms with Gasteiger partial charge < -0.3 is 10.1 Å². The molecular formula is C16H30N4O. The van der Waals surface area contributed by atoms with Crippen molar-refractivity contribution in [3.63, 3.8) is 0 Å². The maximum Gasteiger partial charge on any atom is 0.138 e. The van der Waals surface area contributed by atoms with Gasteiger partial charge in [-0.2, -0.15) is 5.10 Å². The molecule has 5 nitrogen and oxygen atoms in total. The van der Waals surface area contributed by atoms with Crippen LogP contribution in [0.25, 0.3) is 0 Å². The second-order valence-corrected chi connectivity index (χ2v) is 5.99. The van der Waals surface area contributed by atoms with Crippen LogP contribution in [-0.4, -0.2) is 40.1 Å². The smallest absolute Gasteiger partial charge is 0.138 e. The van der Waals surface area contributed by atoms with Crippen LogP contribution in [0.4, 0.5) is 0 Å². The number of nitrogens with one attached hydrogen (secondary N) is 1. The Morgan fingerprint density at radius 2 is 2.00 bits per heavy atom. The summed E-state index contributed by atoms with van der Waals surface area (Å²) in [6.45, 7) is 6.10. The topological polar surface area (TPSA) is 52.0 Å². The average molecular weight is 294 g/mol. The first-order chi connectivity index (χ1) is 10.3. The van der Waals surface area contributed by atoms with Crippen LogP contribution in [0, 0.1) is 0 Å². The first kappa shape index (κ1) is 16.4. The first-order valence-corrected chi connectivity index (χ1v) is 8.41. The van der Waals surface area contributed by atoms with Gasteiger partial charge in [-0.25, -0.2) is 4.98 Å². The van der Waals surface area contributed by atoms with Crippen LogP contribution in [0.1, 0.15) is 58.2 Å². The summed E-state index contributed by atoms with van der Waals surface area (Å²) in [5.74, 6) is 1.06. The SMILES string of the molecule is CCNC(Cc1ncnn1CC)C1(OC)CCCCCC1. The van der Waals surface area contributed by atoms with Crippen molar-refractivity contribution >= 4 is 0 Å². The molecule has 21 heavy (non-hydrogen) atoms. The molecule has 1 aromatic rings. The molecule has 1 atom stereocenters. The lowest BCUT2D eigenvalue weighted by molar-refractivity contribution is -0.0529. The molecule has 1 saturated carbocycles. The van der Waals surface area contributed by atoms with Crippen molar-refractivity contribution < 1.29 is 4.74 Å². The van der Waals surface area contributed by atoms with Gasteiger partial charge >= 0.3 is 0 Å². The number of hydrogen-bond donors (Lipinski definition) is 1. The minimum absolute atomic E-state index is 0.0585. The lowest BCUT2D eigenvalue weighted by Gasteiger charge is -2.39. The van der Waals surface area contributed by atoms with E-state index < -0.39 is 0 Å². The summed E-state index contributed by atoms with van der Waals surface area (Å²) >= 11 is 0. The van der Waals surface area contributed by atoms with E-state index in [2.05, 4.69) is 29.2 Å². The molecule has 0 bridgehead atoms. The Hall–Kier alpha value is -0.940. The highest BCUT2D eigenvalue weighted by Crippen LogP contribution is 2.34. The molecule has 0 saturated heterocycles. The van der Waals surface area contributed by atoms with Crippen LogP contribution in [0.5, 0.6) is 0 Å². The summed E-state index contributed by atoms with van der Waals surface area (Å²) in [6, 6.07) is 0.306. The molecule has 1 unspecified atom stereocenters. The van der Waals surface area contributed by atoms with E-state index in [1.807, 2.05) is 11.8 Å². The highest BCUT2D eigenvalue weighted by Gasteiger charge is 2.39. The maximum atomic E-state index is 6.08. The van der Waals surface area contributed by atoms with Crippen molar-refractivity contribution in [3.8, 4) is 0 Å². The molecule has 1 aromatic heterocycles. The third-order valence-corrected chi connectivity index (χ3v) is 4.82. The summed E-state index contributed by atoms with van der Waals surface area (Å²) in [4.78, 5) is 4.45. The van der Waals surface area contributed by atoms with Gasteiger partial charge in [-0.3, -0.25) is 4.68 Å². The Morgan fingerprint density at radius 3 is 2.57 bits per heavy atom. The van der Waals surface area contributed by atoms with Crippen molar-refractivity contribution in [1.82, 2.24) is 20.1 Å². The summed E-state index contributed by atoms with van der Waals surface area (Å²) < 4.78 is 8.07. The van der Waals surface area contributed by atoms with Crippen LogP contribution < -0.4 is 5.32 Å². The fourth-order valence-electron chi connectivity index (χ4n) is 3.61. The Balaban J connectivity index is 2.19. The normalized spacial score (nSPS) is 20.1. The minimum Gasteiger partial charge on any atom is -0.377 e. The summed E-state index contributed by atoms with van der Waals surface area (Å²) in [6.07, 6.45) is 10.0. The van der Waals surface area contributed by atoms with Gasteiger partial charge in [0.05, 0.1) is 5.60 Å². The highest BCUT2D eigenvalue weighted by atomic mass is 16.5. The third kappa shape index (κ3) is 3.83. The van der Waals surface area contributed by atoms with Crippen LogP contribution >= 0.6 is 0 Å². The Labute approximate surface area is 128 Å². The number of rotatable bonds is 7. The van der Waals surface area contributed by atoms with Gasteiger partial charge in [0.2, 0.25) is 0 Å². The van der Waals surface area contributed by atoms with Crippen molar-refractivity contribution in [2.24, 2.45) is 0 Å². The molecule has 1 aliphatic carbocycles. The summed E-state index contributed by atoms with van der Waals surface area (Å²) in [7, 11) is 1.88. The number of nitrogens with zero attached hydrogens (tertiary/aromatic N) is 3. The van der Waals surface area contributed by atoms with E-state index in [0.717, 1.165) is 38.2 Å². The zero-order valence-corrected chi connectivity index (χ0v) is 13.8. The molecule has 0 aromatic carbocycles. The number of likely N-dealkylation sites (N-methyl/N-ethyl adjacent to an activating group) is 1. The Kier molecular flexibility index (Phi) is 6.18. The number of methoxy groups -OCH3 is 1. The van der Waals surface area contributed by atoms with Gasteiger partial charge in [0.25, 0.3) is 0 Å². The number of aromatic nitrogens is 3. The van der Waals surface area contributed by atoms with E-state index in [1.54, 1.807) is 6.33 Å². The summed E-state index contributed by atoms with van der Waals surface area (Å²) in [5, 5.41) is 7.95. The molecule has 5 heteroatoms. The van der Waals surface area contributed by atoms with Gasteiger partial charge in [0.15, 0.2) is 0 Å². The molecule has 1 aliphatic rings. The van der Waals surface area contributed by atoms with E-state index >= 15 is 0 Å². The van der Waals surface area contributed by atoms with Crippen LogP contribution in [0.2, 0.25) is 0 Å². The van der Waals surface area contributed by atoms with Gasteiger partial charge in [0.1, 0.15) is 12.2 Å². The largest absolute Gasteiger partial charge is 0.377 e. The molecule has 120 valence electrons. The van der Waals surface area contributed by atoms with Crippen molar-refractivity contribution in [3.05, 3.63) is 12.2 Å². The fourth-order valence-corrected chi connectivity index (χ4v) is 3.61. The lowest BCUT2D eigenvalue weighted by Crippen LogP contribution is -2.53. The van der Waals surface area contributed by atoms with Crippen LogP contribution in [0.15, 0.2) is 6.33 Å². The maximum absolute atomic E-state index is 6.08. The van der Waals surface area contributed by atoms with Crippen LogP contribution in [0.3, 0.4) is 0 Å². The van der Waals surface area contributed by atoms with Crippen LogP contribution in [-0.2, 0) is 17.7 Å². The van der Waals surface area contributed by atoms with Gasteiger partial charge in [0, 0.05) is 26.1 Å². The number of ether oxygens (including phenoxy) is 1. The highest BCUT2D eigenvalue weighted by molar-refractivity contribution is 5.01. The molecule has 1 heterocycles. The molecule has 1 N–H and O–H groups in total. The second-order valence-electron chi connectivity index (χ2n) is 5.99. The average Bonchev–Trinajstić information content (AvgIpc) is 2.81. The first-order valence-electron chi connectivity index (χ1n) is 8.41. The van der Waals surface area contributed by atoms with Crippen molar-refractivity contribution in [2.45, 2.75) is 77.0 Å². The molecule has 2 rings (SSSR count). The molecular weight excluding hydrogens is 264 g/mol. The fraction of sp³-hybridized carbons (Fsp3) is 0.875. The zero-order valence-electron chi connectivity index (χ0n) is 13.8. The molecule has 0 aliphatic heterocycles. The van der Waals surface area contributed by atoms with E-state index in [1.165, 1.54) is 25.7 Å². The molecule has 0 radical (unpaired) electrons.